The summed E-state index contributed by atoms with van der Waals surface area (Å²) in [5, 5.41) is 8.22. The summed E-state index contributed by atoms with van der Waals surface area (Å²) >= 11 is 7.34. The maximum Gasteiger partial charge on any atom is 0.258 e. The van der Waals surface area contributed by atoms with Gasteiger partial charge in [0.05, 0.1) is 11.3 Å². The molecule has 2 N–H and O–H groups in total. The zero-order chi connectivity index (χ0) is 19.9. The zero-order valence-electron chi connectivity index (χ0n) is 15.2. The molecule has 2 heterocycles. The number of carbonyl (C=O) groups is 2. The van der Waals surface area contributed by atoms with Crippen LogP contribution >= 0.6 is 22.9 Å². The second-order valence-electron chi connectivity index (χ2n) is 6.07. The highest BCUT2D eigenvalue weighted by Crippen LogP contribution is 2.27. The van der Waals surface area contributed by atoms with Crippen molar-refractivity contribution in [3.63, 3.8) is 0 Å². The fraction of sp³-hybridized carbons (Fsp3) is 0.200. The van der Waals surface area contributed by atoms with E-state index in [2.05, 4.69) is 20.6 Å². The van der Waals surface area contributed by atoms with Gasteiger partial charge in [-0.05, 0) is 30.7 Å². The number of rotatable bonds is 7. The van der Waals surface area contributed by atoms with Crippen molar-refractivity contribution in [1.82, 2.24) is 9.97 Å². The highest BCUT2D eigenvalue weighted by Gasteiger charge is 2.12. The maximum atomic E-state index is 12.4. The second-order valence-corrected chi connectivity index (χ2v) is 7.28. The van der Waals surface area contributed by atoms with Gasteiger partial charge < -0.3 is 10.6 Å². The van der Waals surface area contributed by atoms with Crippen LogP contribution in [0.2, 0.25) is 5.15 Å². The van der Waals surface area contributed by atoms with Crippen molar-refractivity contribution in [3.8, 4) is 11.3 Å². The van der Waals surface area contributed by atoms with Crippen LogP contribution in [0.15, 0.2) is 48.0 Å². The van der Waals surface area contributed by atoms with E-state index in [1.54, 1.807) is 18.2 Å². The molecule has 0 saturated heterocycles. The molecular formula is C20H19ClN4O2S. The molecule has 144 valence electrons. The normalized spacial score (nSPS) is 10.5. The number of hydrogen-bond donors (Lipinski definition) is 2. The van der Waals surface area contributed by atoms with Crippen molar-refractivity contribution >= 4 is 45.6 Å². The number of aromatic nitrogens is 2. The average molecular weight is 415 g/mol. The van der Waals surface area contributed by atoms with Gasteiger partial charge in [0.15, 0.2) is 5.13 Å². The summed E-state index contributed by atoms with van der Waals surface area (Å²) in [5.74, 6) is -0.366. The Kier molecular flexibility index (Phi) is 6.73. The number of thiazole rings is 1. The van der Waals surface area contributed by atoms with Gasteiger partial charge in [-0.2, -0.15) is 0 Å². The number of nitrogens with one attached hydrogen (secondary N) is 2. The SMILES string of the molecule is CCCCC(=O)Nc1nc(-c2cccc(NC(=O)c3cccnc3Cl)c2)cs1. The van der Waals surface area contributed by atoms with Crippen LogP contribution in [0.25, 0.3) is 11.3 Å². The quantitative estimate of drug-likeness (QED) is 0.518. The van der Waals surface area contributed by atoms with Gasteiger partial charge >= 0.3 is 0 Å². The Morgan fingerprint density at radius 3 is 2.82 bits per heavy atom. The van der Waals surface area contributed by atoms with Crippen LogP contribution in [0.5, 0.6) is 0 Å². The Balaban J connectivity index is 1.71. The van der Waals surface area contributed by atoms with Gasteiger partial charge in [0.25, 0.3) is 5.91 Å². The minimum atomic E-state index is -0.336. The van der Waals surface area contributed by atoms with Crippen LogP contribution in [-0.2, 0) is 4.79 Å². The molecular weight excluding hydrogens is 396 g/mol. The lowest BCUT2D eigenvalue weighted by Crippen LogP contribution is -2.12. The Hall–Kier alpha value is -2.77. The highest BCUT2D eigenvalue weighted by molar-refractivity contribution is 7.14. The third-order valence-corrected chi connectivity index (χ3v) is 4.99. The first kappa shape index (κ1) is 20.0. The first-order valence-electron chi connectivity index (χ1n) is 8.84. The molecule has 0 aliphatic heterocycles. The van der Waals surface area contributed by atoms with Gasteiger partial charge in [0.1, 0.15) is 5.15 Å². The molecule has 2 amide bonds. The molecule has 0 saturated carbocycles. The van der Waals surface area contributed by atoms with E-state index in [9.17, 15) is 9.59 Å². The van der Waals surface area contributed by atoms with Crippen LogP contribution in [-0.4, -0.2) is 21.8 Å². The summed E-state index contributed by atoms with van der Waals surface area (Å²) in [4.78, 5) is 32.6. The van der Waals surface area contributed by atoms with E-state index in [4.69, 9.17) is 11.6 Å². The predicted octanol–water partition coefficient (Wildman–Crippen LogP) is 5.24. The number of benzene rings is 1. The third kappa shape index (κ3) is 5.15. The number of unbranched alkanes of at least 4 members (excludes halogenated alkanes) is 1. The largest absolute Gasteiger partial charge is 0.322 e. The van der Waals surface area contributed by atoms with Gasteiger partial charge in [-0.15, -0.1) is 11.3 Å². The average Bonchev–Trinajstić information content (AvgIpc) is 3.15. The smallest absolute Gasteiger partial charge is 0.258 e. The molecule has 0 atom stereocenters. The van der Waals surface area contributed by atoms with Crippen molar-refractivity contribution in [2.24, 2.45) is 0 Å². The van der Waals surface area contributed by atoms with Gasteiger partial charge in [-0.3, -0.25) is 9.59 Å². The number of carbonyl (C=O) groups excluding carboxylic acids is 2. The van der Waals surface area contributed by atoms with E-state index < -0.39 is 0 Å². The minimum absolute atomic E-state index is 0.0305. The van der Waals surface area contributed by atoms with E-state index in [1.165, 1.54) is 17.5 Å². The molecule has 0 bridgehead atoms. The van der Waals surface area contributed by atoms with Gasteiger partial charge in [0.2, 0.25) is 5.91 Å². The zero-order valence-corrected chi connectivity index (χ0v) is 16.8. The Morgan fingerprint density at radius 1 is 1.18 bits per heavy atom. The highest BCUT2D eigenvalue weighted by atomic mass is 35.5. The first-order valence-corrected chi connectivity index (χ1v) is 10.1. The van der Waals surface area contributed by atoms with Crippen molar-refractivity contribution in [2.45, 2.75) is 26.2 Å². The summed E-state index contributed by atoms with van der Waals surface area (Å²) in [6.07, 6.45) is 3.84. The molecule has 3 rings (SSSR count). The molecule has 0 aliphatic rings. The Labute approximate surface area is 172 Å². The van der Waals surface area contributed by atoms with Crippen LogP contribution in [0.1, 0.15) is 36.5 Å². The third-order valence-electron chi connectivity index (χ3n) is 3.93. The molecule has 2 aromatic heterocycles. The fourth-order valence-corrected chi connectivity index (χ4v) is 3.43. The standard InChI is InChI=1S/C20H19ClN4O2S/c1-2-3-9-17(26)25-20-24-16(12-28-20)13-6-4-7-14(11-13)23-19(27)15-8-5-10-22-18(15)21/h4-8,10-12H,2-3,9H2,1H3,(H,23,27)(H,24,25,26). The molecule has 0 spiro atoms. The number of anilines is 2. The maximum absolute atomic E-state index is 12.4. The van der Waals surface area contributed by atoms with Crippen LogP contribution < -0.4 is 10.6 Å². The van der Waals surface area contributed by atoms with Crippen LogP contribution in [0.4, 0.5) is 10.8 Å². The lowest BCUT2D eigenvalue weighted by atomic mass is 10.1. The van der Waals surface area contributed by atoms with E-state index in [0.29, 0.717) is 22.8 Å². The molecule has 28 heavy (non-hydrogen) atoms. The van der Waals surface area contributed by atoms with Crippen LogP contribution in [0.3, 0.4) is 0 Å². The summed E-state index contributed by atoms with van der Waals surface area (Å²) in [6.45, 7) is 2.04. The molecule has 0 aliphatic carbocycles. The van der Waals surface area contributed by atoms with E-state index in [1.807, 2.05) is 30.5 Å². The molecule has 0 unspecified atom stereocenters. The second kappa shape index (κ2) is 9.43. The molecule has 0 fully saturated rings. The Bertz CT molecular complexity index is 990. The molecule has 6 nitrogen and oxygen atoms in total. The number of amides is 2. The monoisotopic (exact) mass is 414 g/mol. The number of pyridine rings is 1. The summed E-state index contributed by atoms with van der Waals surface area (Å²) in [5.41, 5.74) is 2.48. The predicted molar refractivity (Wildman–Crippen MR) is 113 cm³/mol. The lowest BCUT2D eigenvalue weighted by molar-refractivity contribution is -0.116. The van der Waals surface area contributed by atoms with Gasteiger partial charge in [-0.1, -0.05) is 37.1 Å². The van der Waals surface area contributed by atoms with Crippen LogP contribution in [0, 0.1) is 0 Å². The number of halogens is 1. The molecule has 1 aromatic carbocycles. The van der Waals surface area contributed by atoms with Crippen molar-refractivity contribution in [3.05, 3.63) is 58.7 Å². The van der Waals surface area contributed by atoms with E-state index in [0.717, 1.165) is 24.1 Å². The first-order chi connectivity index (χ1) is 13.6. The topological polar surface area (TPSA) is 84.0 Å². The number of hydrogen-bond acceptors (Lipinski definition) is 5. The van der Waals surface area contributed by atoms with E-state index >= 15 is 0 Å². The fourth-order valence-electron chi connectivity index (χ4n) is 2.49. The van der Waals surface area contributed by atoms with Crippen molar-refractivity contribution in [1.29, 1.82) is 0 Å². The summed E-state index contributed by atoms with van der Waals surface area (Å²) < 4.78 is 0. The summed E-state index contributed by atoms with van der Waals surface area (Å²) in [6, 6.07) is 10.6. The molecule has 3 aromatic rings. The van der Waals surface area contributed by atoms with Gasteiger partial charge in [0, 0.05) is 29.2 Å². The number of nitrogens with zero attached hydrogens (tertiary/aromatic N) is 2. The van der Waals surface area contributed by atoms with E-state index in [-0.39, 0.29) is 17.0 Å². The minimum Gasteiger partial charge on any atom is -0.322 e. The summed E-state index contributed by atoms with van der Waals surface area (Å²) in [7, 11) is 0. The lowest BCUT2D eigenvalue weighted by Gasteiger charge is -2.07. The van der Waals surface area contributed by atoms with Crippen molar-refractivity contribution in [2.75, 3.05) is 10.6 Å². The molecule has 8 heteroatoms. The molecule has 0 radical (unpaired) electrons. The van der Waals surface area contributed by atoms with Crippen molar-refractivity contribution < 1.29 is 9.59 Å². The van der Waals surface area contributed by atoms with Gasteiger partial charge in [-0.25, -0.2) is 9.97 Å². The Morgan fingerprint density at radius 2 is 2.04 bits per heavy atom.